The molecule has 27 heavy (non-hydrogen) atoms. The number of hydrogen-bond acceptors (Lipinski definition) is 8. The maximum Gasteiger partial charge on any atom is 1.00 e. The molecule has 0 bridgehead atoms. The molecule has 11 heteroatoms. The van der Waals surface area contributed by atoms with Crippen LogP contribution in [0.1, 0.15) is 12.6 Å². The number of nitrogens with zero attached hydrogens (tertiary/aromatic N) is 2. The summed E-state index contributed by atoms with van der Waals surface area (Å²) in [6.07, 6.45) is 2.79. The van der Waals surface area contributed by atoms with Gasteiger partial charge in [0.05, 0.1) is 28.7 Å². The topological polar surface area (TPSA) is 134 Å². The predicted molar refractivity (Wildman–Crippen MR) is 85.3 cm³/mol. The molecule has 0 saturated carbocycles. The minimum Gasteiger partial charge on any atom is -0.543 e. The molecule has 1 fully saturated rings. The van der Waals surface area contributed by atoms with Crippen molar-refractivity contribution in [2.75, 3.05) is 12.4 Å². The van der Waals surface area contributed by atoms with Crippen molar-refractivity contribution in [1.29, 1.82) is 0 Å². The first-order chi connectivity index (χ1) is 12.2. The number of carboxylic acid groups (broad SMARTS) is 1. The Balaban J connectivity index is 0.00000261. The minimum atomic E-state index is -3.92. The quantitative estimate of drug-likeness (QED) is 0.214. The molecule has 9 nitrogen and oxygen atoms in total. The number of amides is 1. The van der Waals surface area contributed by atoms with Gasteiger partial charge < -0.3 is 14.6 Å². The van der Waals surface area contributed by atoms with Gasteiger partial charge in [-0.2, -0.15) is 0 Å². The fraction of sp³-hybridized carbons (Fsp3) is 0.250. The van der Waals surface area contributed by atoms with E-state index in [0.717, 1.165) is 6.92 Å². The second kappa shape index (κ2) is 7.93. The number of carbonyl (C=O) groups is 3. The fourth-order valence-electron chi connectivity index (χ4n) is 2.85. The van der Waals surface area contributed by atoms with Gasteiger partial charge in [-0.3, -0.25) is 19.5 Å². The Labute approximate surface area is 176 Å². The normalized spacial score (nSPS) is 21.8. The molecular weight excluding hydrogens is 387 g/mol. The zero-order chi connectivity index (χ0) is 19.1. The third-order valence-corrected chi connectivity index (χ3v) is 5.79. The summed E-state index contributed by atoms with van der Waals surface area (Å²) in [6, 6.07) is 4.91. The third-order valence-electron chi connectivity index (χ3n) is 3.89. The molecule has 2 aliphatic heterocycles. The molecule has 2 aliphatic rings. The first-order valence-corrected chi connectivity index (χ1v) is 9.18. The van der Waals surface area contributed by atoms with E-state index < -0.39 is 51.1 Å². The van der Waals surface area contributed by atoms with E-state index in [-0.39, 0.29) is 40.7 Å². The SMILES string of the molecule is CC(=O)OCC1=C(C(=O)[O-])N2C(=O)/C(=C\c3ccccn3)[C@H]2S(=O)(=O)C1.[Na+]. The standard InChI is InChI=1S/C16H14N2O7S.Na/c1-9(19)25-7-10-8-26(23,24)15-12(6-11-4-2-3-5-17-11)14(20)18(15)13(10)16(21)22;/h2-6,15H,7-8H2,1H3,(H,21,22);/q;+1/p-1/b12-6+;/t15-;/m1./s1. The van der Waals surface area contributed by atoms with Crippen molar-refractivity contribution in [3.05, 3.63) is 46.9 Å². The van der Waals surface area contributed by atoms with Crippen LogP contribution >= 0.6 is 0 Å². The summed E-state index contributed by atoms with van der Waals surface area (Å²) in [6.45, 7) is 0.551. The smallest absolute Gasteiger partial charge is 0.543 e. The van der Waals surface area contributed by atoms with Crippen LogP contribution in [0.25, 0.3) is 6.08 Å². The number of pyridine rings is 1. The van der Waals surface area contributed by atoms with Crippen molar-refractivity contribution in [3.8, 4) is 0 Å². The molecule has 0 N–H and O–H groups in total. The van der Waals surface area contributed by atoms with Crippen molar-refractivity contribution in [1.82, 2.24) is 9.88 Å². The number of fused-ring (bicyclic) bond motifs is 1. The zero-order valence-electron chi connectivity index (χ0n) is 14.5. The van der Waals surface area contributed by atoms with Gasteiger partial charge in [0.25, 0.3) is 5.91 Å². The summed E-state index contributed by atoms with van der Waals surface area (Å²) in [5.74, 6) is -3.85. The van der Waals surface area contributed by atoms with Crippen molar-refractivity contribution in [2.24, 2.45) is 0 Å². The summed E-state index contributed by atoms with van der Waals surface area (Å²) < 4.78 is 29.8. The molecule has 1 atom stereocenters. The molecule has 1 aromatic heterocycles. The average Bonchev–Trinajstić information content (AvgIpc) is 2.57. The Bertz CT molecular complexity index is 970. The summed E-state index contributed by atoms with van der Waals surface area (Å²) in [7, 11) is -3.92. The van der Waals surface area contributed by atoms with E-state index in [0.29, 0.717) is 10.6 Å². The minimum absolute atomic E-state index is 0. The molecule has 136 valence electrons. The Morgan fingerprint density at radius 3 is 2.67 bits per heavy atom. The van der Waals surface area contributed by atoms with Crippen LogP contribution in [0.5, 0.6) is 0 Å². The van der Waals surface area contributed by atoms with E-state index in [1.165, 1.54) is 12.3 Å². The van der Waals surface area contributed by atoms with Crippen molar-refractivity contribution < 1.29 is 62.2 Å². The number of sulfone groups is 1. The van der Waals surface area contributed by atoms with Gasteiger partial charge in [0.15, 0.2) is 15.2 Å². The number of hydrogen-bond donors (Lipinski definition) is 0. The summed E-state index contributed by atoms with van der Waals surface area (Å²) in [4.78, 5) is 39.5. The number of carboxylic acids is 1. The van der Waals surface area contributed by atoms with Crippen LogP contribution in [0.2, 0.25) is 0 Å². The molecule has 0 unspecified atom stereocenters. The number of ether oxygens (including phenoxy) is 1. The van der Waals surface area contributed by atoms with Crippen LogP contribution in [0.4, 0.5) is 0 Å². The summed E-state index contributed by atoms with van der Waals surface area (Å²) in [5, 5.41) is 10.1. The Morgan fingerprint density at radius 2 is 2.11 bits per heavy atom. The second-order valence-electron chi connectivity index (χ2n) is 5.71. The average molecular weight is 400 g/mol. The van der Waals surface area contributed by atoms with E-state index in [9.17, 15) is 27.9 Å². The van der Waals surface area contributed by atoms with Crippen LogP contribution < -0.4 is 34.7 Å². The maximum absolute atomic E-state index is 12.6. The zero-order valence-corrected chi connectivity index (χ0v) is 17.4. The van der Waals surface area contributed by atoms with Gasteiger partial charge in [-0.25, -0.2) is 8.42 Å². The monoisotopic (exact) mass is 400 g/mol. The summed E-state index contributed by atoms with van der Waals surface area (Å²) in [5.41, 5.74) is -0.486. The second-order valence-corrected chi connectivity index (χ2v) is 7.77. The molecule has 1 amide bonds. The van der Waals surface area contributed by atoms with Crippen molar-refractivity contribution in [2.45, 2.75) is 12.3 Å². The molecule has 1 aromatic rings. The van der Waals surface area contributed by atoms with E-state index in [4.69, 9.17) is 4.74 Å². The van der Waals surface area contributed by atoms with Gasteiger partial charge in [0.1, 0.15) is 6.61 Å². The van der Waals surface area contributed by atoms with Gasteiger partial charge in [-0.1, -0.05) is 6.07 Å². The Hall–Kier alpha value is -2.01. The largest absolute Gasteiger partial charge is 1.00 e. The number of aliphatic carboxylic acids is 1. The van der Waals surface area contributed by atoms with Gasteiger partial charge in [0, 0.05) is 18.7 Å². The Kier molecular flexibility index (Phi) is 6.25. The molecule has 0 radical (unpaired) electrons. The fourth-order valence-corrected chi connectivity index (χ4v) is 4.79. The van der Waals surface area contributed by atoms with Gasteiger partial charge in [-0.05, 0) is 18.2 Å². The van der Waals surface area contributed by atoms with Crippen LogP contribution in [0, 0.1) is 0 Å². The third kappa shape index (κ3) is 3.98. The number of carbonyl (C=O) groups excluding carboxylic acids is 3. The molecule has 0 aliphatic carbocycles. The summed E-state index contributed by atoms with van der Waals surface area (Å²) >= 11 is 0. The van der Waals surface area contributed by atoms with Gasteiger partial charge in [0.2, 0.25) is 0 Å². The van der Waals surface area contributed by atoms with Crippen LogP contribution in [-0.4, -0.2) is 53.9 Å². The van der Waals surface area contributed by atoms with Crippen LogP contribution in [0.3, 0.4) is 0 Å². The molecule has 0 aromatic carbocycles. The Morgan fingerprint density at radius 1 is 1.41 bits per heavy atom. The van der Waals surface area contributed by atoms with E-state index in [2.05, 4.69) is 4.98 Å². The number of esters is 1. The van der Waals surface area contributed by atoms with Gasteiger partial charge in [-0.15, -0.1) is 0 Å². The number of rotatable bonds is 4. The van der Waals surface area contributed by atoms with E-state index >= 15 is 0 Å². The van der Waals surface area contributed by atoms with Gasteiger partial charge >= 0.3 is 35.5 Å². The first kappa shape index (κ1) is 21.3. The molecule has 3 heterocycles. The molecule has 3 rings (SSSR count). The molecule has 1 saturated heterocycles. The number of aromatic nitrogens is 1. The number of β-lactam (4-membered cyclic amide) rings is 1. The van der Waals surface area contributed by atoms with Crippen LogP contribution in [-0.2, 0) is 29.0 Å². The maximum atomic E-state index is 12.6. The predicted octanol–water partition coefficient (Wildman–Crippen LogP) is -4.37. The van der Waals surface area contributed by atoms with E-state index in [1.807, 2.05) is 0 Å². The molecule has 0 spiro atoms. The van der Waals surface area contributed by atoms with Crippen LogP contribution in [0.15, 0.2) is 41.2 Å². The molecular formula is C16H13N2NaO7S. The van der Waals surface area contributed by atoms with Crippen molar-refractivity contribution >= 4 is 33.8 Å². The van der Waals surface area contributed by atoms with Crippen molar-refractivity contribution in [3.63, 3.8) is 0 Å². The first-order valence-electron chi connectivity index (χ1n) is 7.47. The van der Waals surface area contributed by atoms with E-state index in [1.54, 1.807) is 18.2 Å².